The smallest absolute Gasteiger partial charge is 0.260 e. The van der Waals surface area contributed by atoms with Crippen LogP contribution in [0.1, 0.15) is 12.8 Å². The summed E-state index contributed by atoms with van der Waals surface area (Å²) in [4.78, 5) is 4.07. The molecule has 1 aliphatic rings. The molecule has 1 fully saturated rings. The molecule has 3 heterocycles. The Bertz CT molecular complexity index is 735. The zero-order valence-electron chi connectivity index (χ0n) is 11.5. The summed E-state index contributed by atoms with van der Waals surface area (Å²) in [6, 6.07) is 5.23. The molecule has 0 amide bonds. The molecule has 1 unspecified atom stereocenters. The number of nitrogens with two attached hydrogens (primary N) is 1. The molecule has 2 aromatic heterocycles. The third-order valence-corrected chi connectivity index (χ3v) is 5.04. The van der Waals surface area contributed by atoms with Crippen LogP contribution in [0.2, 0.25) is 0 Å². The molecule has 3 rings (SSSR count). The van der Waals surface area contributed by atoms with Crippen molar-refractivity contribution in [1.82, 2.24) is 14.1 Å². The van der Waals surface area contributed by atoms with Crippen molar-refractivity contribution in [3.63, 3.8) is 0 Å². The lowest BCUT2D eigenvalue weighted by Gasteiger charge is -2.22. The van der Waals surface area contributed by atoms with Gasteiger partial charge in [0.2, 0.25) is 0 Å². The number of hydrogen-bond acceptors (Lipinski definition) is 5. The van der Waals surface area contributed by atoms with Crippen molar-refractivity contribution in [2.45, 2.75) is 17.9 Å². The minimum Gasteiger partial charge on any atom is -0.381 e. The Morgan fingerprint density at radius 2 is 2.33 bits per heavy atom. The van der Waals surface area contributed by atoms with Gasteiger partial charge < -0.3 is 10.5 Å². The monoisotopic (exact) mass is 310 g/mol. The van der Waals surface area contributed by atoms with Crippen LogP contribution in [0.15, 0.2) is 29.4 Å². The van der Waals surface area contributed by atoms with Gasteiger partial charge in [0, 0.05) is 19.3 Å². The normalized spacial score (nSPS) is 19.9. The average molecular weight is 310 g/mol. The molecule has 0 aromatic carbocycles. The number of nitrogens with one attached hydrogen (secondary N) is 1. The van der Waals surface area contributed by atoms with Gasteiger partial charge in [0.15, 0.2) is 10.8 Å². The topological polar surface area (TPSA) is 98.7 Å². The van der Waals surface area contributed by atoms with Gasteiger partial charge in [0.05, 0.1) is 6.61 Å². The fraction of sp³-hybridized carbons (Fsp3) is 0.462. The van der Waals surface area contributed by atoms with Gasteiger partial charge in [-0.1, -0.05) is 6.07 Å². The van der Waals surface area contributed by atoms with Gasteiger partial charge >= 0.3 is 0 Å². The standard InChI is InChI=1S/C13H18N4O3S/c14-12-13(17-6-2-1-5-11(17)16-12)21(18,19)15-8-10-4-3-7-20-9-10/h1-2,5-6,10,15H,3-4,7-9,14H2. The number of nitrogen functional groups attached to an aromatic ring is 1. The predicted octanol–water partition coefficient (Wildman–Crippen LogP) is 0.621. The maximum Gasteiger partial charge on any atom is 0.260 e. The molecule has 2 aromatic rings. The van der Waals surface area contributed by atoms with Crippen molar-refractivity contribution in [3.05, 3.63) is 24.4 Å². The van der Waals surface area contributed by atoms with Crippen LogP contribution in [-0.4, -0.2) is 37.6 Å². The zero-order valence-corrected chi connectivity index (χ0v) is 12.3. The lowest BCUT2D eigenvalue weighted by molar-refractivity contribution is 0.0568. The Hall–Kier alpha value is -1.64. The molecule has 7 nitrogen and oxygen atoms in total. The zero-order chi connectivity index (χ0) is 14.9. The predicted molar refractivity (Wildman–Crippen MR) is 78.3 cm³/mol. The summed E-state index contributed by atoms with van der Waals surface area (Å²) in [5.74, 6) is 0.211. The minimum atomic E-state index is -3.70. The van der Waals surface area contributed by atoms with E-state index in [0.29, 0.717) is 18.8 Å². The Morgan fingerprint density at radius 1 is 1.48 bits per heavy atom. The van der Waals surface area contributed by atoms with Gasteiger partial charge in [-0.3, -0.25) is 4.40 Å². The number of hydrogen-bond donors (Lipinski definition) is 2. The van der Waals surface area contributed by atoms with Crippen molar-refractivity contribution >= 4 is 21.5 Å². The average Bonchev–Trinajstić information content (AvgIpc) is 2.83. The van der Waals surface area contributed by atoms with Gasteiger partial charge in [0.25, 0.3) is 10.0 Å². The fourth-order valence-corrected chi connectivity index (χ4v) is 3.85. The molecule has 0 saturated carbocycles. The van der Waals surface area contributed by atoms with Crippen LogP contribution in [0.3, 0.4) is 0 Å². The molecular formula is C13H18N4O3S. The van der Waals surface area contributed by atoms with Gasteiger partial charge in [-0.15, -0.1) is 0 Å². The van der Waals surface area contributed by atoms with Gasteiger partial charge in [-0.25, -0.2) is 18.1 Å². The first-order valence-corrected chi connectivity index (χ1v) is 8.36. The first-order chi connectivity index (χ1) is 10.1. The van der Waals surface area contributed by atoms with E-state index in [-0.39, 0.29) is 16.8 Å². The molecule has 0 bridgehead atoms. The summed E-state index contributed by atoms with van der Waals surface area (Å²) in [6.45, 7) is 1.69. The molecule has 1 aliphatic heterocycles. The van der Waals surface area contributed by atoms with Crippen LogP contribution in [-0.2, 0) is 14.8 Å². The van der Waals surface area contributed by atoms with E-state index in [1.807, 2.05) is 0 Å². The van der Waals surface area contributed by atoms with Crippen LogP contribution in [0, 0.1) is 5.92 Å². The quantitative estimate of drug-likeness (QED) is 0.862. The lowest BCUT2D eigenvalue weighted by atomic mass is 10.0. The van der Waals surface area contributed by atoms with E-state index in [2.05, 4.69) is 9.71 Å². The van der Waals surface area contributed by atoms with E-state index in [0.717, 1.165) is 19.4 Å². The van der Waals surface area contributed by atoms with Crippen LogP contribution in [0.4, 0.5) is 5.82 Å². The van der Waals surface area contributed by atoms with Gasteiger partial charge in [-0.05, 0) is 30.9 Å². The number of ether oxygens (including phenoxy) is 1. The van der Waals surface area contributed by atoms with Crippen LogP contribution < -0.4 is 10.5 Å². The summed E-state index contributed by atoms with van der Waals surface area (Å²) < 4.78 is 34.4. The lowest BCUT2D eigenvalue weighted by Crippen LogP contribution is -2.34. The van der Waals surface area contributed by atoms with E-state index < -0.39 is 10.0 Å². The van der Waals surface area contributed by atoms with E-state index in [1.54, 1.807) is 24.4 Å². The van der Waals surface area contributed by atoms with E-state index in [1.165, 1.54) is 4.40 Å². The van der Waals surface area contributed by atoms with Crippen LogP contribution in [0.25, 0.3) is 5.65 Å². The third-order valence-electron chi connectivity index (χ3n) is 3.58. The maximum atomic E-state index is 12.5. The molecule has 0 aliphatic carbocycles. The summed E-state index contributed by atoms with van der Waals surface area (Å²) >= 11 is 0. The minimum absolute atomic E-state index is 0.00479. The van der Waals surface area contributed by atoms with E-state index in [9.17, 15) is 8.42 Å². The molecule has 21 heavy (non-hydrogen) atoms. The Labute approximate surface area is 123 Å². The summed E-state index contributed by atoms with van der Waals surface area (Å²) in [5, 5.41) is -0.00479. The molecular weight excluding hydrogens is 292 g/mol. The number of imidazole rings is 1. The highest BCUT2D eigenvalue weighted by atomic mass is 32.2. The van der Waals surface area contributed by atoms with Gasteiger partial charge in [-0.2, -0.15) is 0 Å². The van der Waals surface area contributed by atoms with E-state index in [4.69, 9.17) is 10.5 Å². The Kier molecular flexibility index (Phi) is 3.83. The number of fused-ring (bicyclic) bond motifs is 1. The maximum absolute atomic E-state index is 12.5. The molecule has 3 N–H and O–H groups in total. The number of rotatable bonds is 4. The SMILES string of the molecule is Nc1nc2ccccn2c1S(=O)(=O)NCC1CCCOC1. The number of nitrogens with zero attached hydrogens (tertiary/aromatic N) is 2. The number of sulfonamides is 1. The Morgan fingerprint density at radius 3 is 3.10 bits per heavy atom. The summed E-state index contributed by atoms with van der Waals surface area (Å²) in [5.41, 5.74) is 6.28. The second-order valence-electron chi connectivity index (χ2n) is 5.17. The Balaban J connectivity index is 1.84. The van der Waals surface area contributed by atoms with Crippen molar-refractivity contribution in [1.29, 1.82) is 0 Å². The first-order valence-electron chi connectivity index (χ1n) is 6.88. The highest BCUT2D eigenvalue weighted by molar-refractivity contribution is 7.89. The molecule has 8 heteroatoms. The molecule has 1 saturated heterocycles. The highest BCUT2D eigenvalue weighted by Gasteiger charge is 2.25. The highest BCUT2D eigenvalue weighted by Crippen LogP contribution is 2.20. The molecule has 1 atom stereocenters. The second-order valence-corrected chi connectivity index (χ2v) is 6.85. The number of aromatic nitrogens is 2. The second kappa shape index (κ2) is 5.63. The molecule has 0 radical (unpaired) electrons. The van der Waals surface area contributed by atoms with Crippen molar-refractivity contribution in [2.75, 3.05) is 25.5 Å². The fourth-order valence-electron chi connectivity index (χ4n) is 2.52. The summed E-state index contributed by atoms with van der Waals surface area (Å²) in [7, 11) is -3.70. The largest absolute Gasteiger partial charge is 0.381 e. The molecule has 0 spiro atoms. The number of anilines is 1. The first kappa shape index (κ1) is 14.3. The third kappa shape index (κ3) is 2.87. The van der Waals surface area contributed by atoms with Crippen molar-refractivity contribution < 1.29 is 13.2 Å². The molecule has 114 valence electrons. The number of pyridine rings is 1. The van der Waals surface area contributed by atoms with Crippen LogP contribution in [0.5, 0.6) is 0 Å². The summed E-state index contributed by atoms with van der Waals surface area (Å²) in [6.07, 6.45) is 3.56. The van der Waals surface area contributed by atoms with Crippen LogP contribution >= 0.6 is 0 Å². The van der Waals surface area contributed by atoms with Crippen molar-refractivity contribution in [2.24, 2.45) is 5.92 Å². The van der Waals surface area contributed by atoms with E-state index >= 15 is 0 Å². The van der Waals surface area contributed by atoms with Crippen molar-refractivity contribution in [3.8, 4) is 0 Å². The van der Waals surface area contributed by atoms with Gasteiger partial charge in [0.1, 0.15) is 5.65 Å².